The maximum atomic E-state index is 12.1. The van der Waals surface area contributed by atoms with Crippen LogP contribution in [0.15, 0.2) is 47.7 Å². The van der Waals surface area contributed by atoms with Crippen LogP contribution < -0.4 is 31.8 Å². The highest BCUT2D eigenvalue weighted by Crippen LogP contribution is 2.27. The van der Waals surface area contributed by atoms with Crippen molar-refractivity contribution in [3.63, 3.8) is 0 Å². The molecule has 6 heteroatoms. The van der Waals surface area contributed by atoms with Crippen molar-refractivity contribution in [2.75, 3.05) is 7.11 Å². The zero-order chi connectivity index (χ0) is 13.4. The van der Waals surface area contributed by atoms with Gasteiger partial charge in [-0.3, -0.25) is 4.79 Å². The molecule has 0 saturated carbocycles. The highest BCUT2D eigenvalue weighted by molar-refractivity contribution is 5.66. The Bertz CT molecular complexity index is 808. The van der Waals surface area contributed by atoms with Crippen LogP contribution in [0.5, 0.6) is 5.75 Å². The third-order valence-corrected chi connectivity index (χ3v) is 3.15. The molecular weight excluding hydrogens is 322 g/mol. The second-order valence-corrected chi connectivity index (χ2v) is 4.34. The average molecular weight is 336 g/mol. The summed E-state index contributed by atoms with van der Waals surface area (Å²) in [5, 5.41) is 0. The number of fused-ring (bicyclic) bond motifs is 1. The molecule has 0 radical (unpaired) electrons. The Morgan fingerprint density at radius 1 is 1.30 bits per heavy atom. The summed E-state index contributed by atoms with van der Waals surface area (Å²) in [5.74, 6) is 0.731. The standard InChI is InChI=1S/C14H13N3O2.BrH/c1-16-7-8-17-9-11(15-13(18)14(16)17)10-5-3-4-6-12(10)19-2;/h3-9H,1-2H3;1H. The van der Waals surface area contributed by atoms with Crippen molar-refractivity contribution < 1.29 is 26.3 Å². The molecule has 104 valence electrons. The van der Waals surface area contributed by atoms with E-state index in [1.54, 1.807) is 16.1 Å². The molecular formula is C14H14BrN3O2. The lowest BCUT2D eigenvalue weighted by molar-refractivity contribution is -0.645. The smallest absolute Gasteiger partial charge is 0.352 e. The first-order valence-electron chi connectivity index (χ1n) is 5.93. The molecule has 2 heterocycles. The van der Waals surface area contributed by atoms with Crippen molar-refractivity contribution in [1.29, 1.82) is 0 Å². The monoisotopic (exact) mass is 335 g/mol. The highest BCUT2D eigenvalue weighted by Gasteiger charge is 2.15. The molecule has 1 aromatic carbocycles. The number of benzene rings is 1. The molecule has 0 amide bonds. The number of rotatable bonds is 2. The minimum absolute atomic E-state index is 0. The largest absolute Gasteiger partial charge is 1.00 e. The number of halogens is 1. The van der Waals surface area contributed by atoms with E-state index in [9.17, 15) is 4.79 Å². The fourth-order valence-electron chi connectivity index (χ4n) is 2.23. The first-order chi connectivity index (χ1) is 9.20. The number of aromatic amines is 1. The van der Waals surface area contributed by atoms with Crippen molar-refractivity contribution in [3.05, 3.63) is 53.2 Å². The Hall–Kier alpha value is -2.08. The van der Waals surface area contributed by atoms with E-state index in [0.29, 0.717) is 5.65 Å². The maximum absolute atomic E-state index is 12.1. The van der Waals surface area contributed by atoms with Gasteiger partial charge < -0.3 is 26.7 Å². The normalized spacial score (nSPS) is 10.3. The summed E-state index contributed by atoms with van der Waals surface area (Å²) in [7, 11) is 3.46. The van der Waals surface area contributed by atoms with Gasteiger partial charge in [-0.05, 0) is 12.1 Å². The van der Waals surface area contributed by atoms with Gasteiger partial charge in [0.1, 0.15) is 24.3 Å². The van der Waals surface area contributed by atoms with Crippen LogP contribution >= 0.6 is 0 Å². The topological polar surface area (TPSA) is 50.4 Å². The van der Waals surface area contributed by atoms with Crippen LogP contribution in [-0.2, 0) is 7.05 Å². The van der Waals surface area contributed by atoms with E-state index in [2.05, 4.69) is 4.98 Å². The molecule has 0 atom stereocenters. The van der Waals surface area contributed by atoms with Gasteiger partial charge in [-0.2, -0.15) is 4.40 Å². The quantitative estimate of drug-likeness (QED) is 0.558. The second kappa shape index (κ2) is 5.50. The Morgan fingerprint density at radius 2 is 2.05 bits per heavy atom. The Labute approximate surface area is 126 Å². The van der Waals surface area contributed by atoms with Crippen LogP contribution in [-0.4, -0.2) is 16.5 Å². The number of H-pyrrole nitrogens is 1. The summed E-state index contributed by atoms with van der Waals surface area (Å²) in [4.78, 5) is 15.0. The van der Waals surface area contributed by atoms with Crippen molar-refractivity contribution in [3.8, 4) is 17.0 Å². The second-order valence-electron chi connectivity index (χ2n) is 4.34. The number of hydrogen-bond acceptors (Lipinski definition) is 2. The molecule has 0 saturated heterocycles. The summed E-state index contributed by atoms with van der Waals surface area (Å²) in [5.41, 5.74) is 2.06. The lowest BCUT2D eigenvalue weighted by Gasteiger charge is -2.06. The van der Waals surface area contributed by atoms with Crippen molar-refractivity contribution >= 4 is 5.65 Å². The minimum Gasteiger partial charge on any atom is -1.00 e. The zero-order valence-corrected chi connectivity index (χ0v) is 12.7. The van der Waals surface area contributed by atoms with E-state index >= 15 is 0 Å². The molecule has 1 N–H and O–H groups in total. The number of imidazole rings is 1. The molecule has 0 bridgehead atoms. The molecule has 20 heavy (non-hydrogen) atoms. The van der Waals surface area contributed by atoms with E-state index in [1.165, 1.54) is 0 Å². The molecule has 2 aromatic heterocycles. The molecule has 0 spiro atoms. The van der Waals surface area contributed by atoms with E-state index in [0.717, 1.165) is 17.0 Å². The first-order valence-corrected chi connectivity index (χ1v) is 5.93. The molecule has 0 aliphatic rings. The van der Waals surface area contributed by atoms with Crippen LogP contribution in [0.4, 0.5) is 0 Å². The third-order valence-electron chi connectivity index (χ3n) is 3.15. The van der Waals surface area contributed by atoms with E-state index in [1.807, 2.05) is 49.9 Å². The van der Waals surface area contributed by atoms with Crippen molar-refractivity contribution in [1.82, 2.24) is 9.38 Å². The van der Waals surface area contributed by atoms with Gasteiger partial charge in [-0.15, -0.1) is 0 Å². The van der Waals surface area contributed by atoms with Gasteiger partial charge in [-0.25, -0.2) is 4.57 Å². The van der Waals surface area contributed by atoms with Gasteiger partial charge in [0.05, 0.1) is 19.9 Å². The van der Waals surface area contributed by atoms with Crippen molar-refractivity contribution in [2.45, 2.75) is 0 Å². The summed E-state index contributed by atoms with van der Waals surface area (Å²) < 4.78 is 8.91. The first kappa shape index (κ1) is 14.3. The number of para-hydroxylation sites is 1. The van der Waals surface area contributed by atoms with Crippen LogP contribution in [0.1, 0.15) is 0 Å². The molecule has 3 rings (SSSR count). The number of nitrogens with one attached hydrogen (secondary N) is 1. The maximum Gasteiger partial charge on any atom is 0.352 e. The zero-order valence-electron chi connectivity index (χ0n) is 11.1. The Balaban J connectivity index is 0.00000147. The lowest BCUT2D eigenvalue weighted by atomic mass is 10.1. The minimum atomic E-state index is -0.129. The predicted molar refractivity (Wildman–Crippen MR) is 71.2 cm³/mol. The molecule has 0 unspecified atom stereocenters. The van der Waals surface area contributed by atoms with Gasteiger partial charge in [-0.1, -0.05) is 12.1 Å². The van der Waals surface area contributed by atoms with Gasteiger partial charge in [0.2, 0.25) is 0 Å². The van der Waals surface area contributed by atoms with Crippen LogP contribution in [0.3, 0.4) is 0 Å². The predicted octanol–water partition coefficient (Wildman–Crippen LogP) is -1.87. The van der Waals surface area contributed by atoms with Gasteiger partial charge in [0, 0.05) is 5.56 Å². The summed E-state index contributed by atoms with van der Waals surface area (Å²) >= 11 is 0. The van der Waals surface area contributed by atoms with Gasteiger partial charge in [0.25, 0.3) is 0 Å². The Morgan fingerprint density at radius 3 is 2.80 bits per heavy atom. The van der Waals surface area contributed by atoms with E-state index in [4.69, 9.17) is 4.74 Å². The van der Waals surface area contributed by atoms with Crippen molar-refractivity contribution in [2.24, 2.45) is 7.05 Å². The van der Waals surface area contributed by atoms with Crippen LogP contribution in [0, 0.1) is 0 Å². The number of aryl methyl sites for hydroxylation is 1. The fourth-order valence-corrected chi connectivity index (χ4v) is 2.23. The molecule has 0 aliphatic carbocycles. The van der Waals surface area contributed by atoms with E-state index < -0.39 is 0 Å². The van der Waals surface area contributed by atoms with Gasteiger partial charge >= 0.3 is 11.2 Å². The summed E-state index contributed by atoms with van der Waals surface area (Å²) in [6.45, 7) is 0. The molecule has 3 aromatic rings. The summed E-state index contributed by atoms with van der Waals surface area (Å²) in [6, 6.07) is 7.59. The Kier molecular flexibility index (Phi) is 3.94. The molecule has 5 nitrogen and oxygen atoms in total. The lowest BCUT2D eigenvalue weighted by Crippen LogP contribution is -3.00. The third kappa shape index (κ3) is 2.22. The number of ether oxygens (including phenoxy) is 1. The summed E-state index contributed by atoms with van der Waals surface area (Å²) in [6.07, 6.45) is 5.58. The van der Waals surface area contributed by atoms with Crippen LogP contribution in [0.25, 0.3) is 16.9 Å². The number of nitrogens with zero attached hydrogens (tertiary/aromatic N) is 2. The SMILES string of the molecule is COc1ccccc1-c1cn2cc[n+](C)c2c(=O)[nH]1.[Br-]. The fraction of sp³-hybridized carbons (Fsp3) is 0.143. The van der Waals surface area contributed by atoms with Gasteiger partial charge in [0.15, 0.2) is 0 Å². The number of aromatic nitrogens is 3. The molecule has 0 aliphatic heterocycles. The van der Waals surface area contributed by atoms with E-state index in [-0.39, 0.29) is 22.5 Å². The number of hydrogen-bond donors (Lipinski definition) is 1. The van der Waals surface area contributed by atoms with Crippen LogP contribution in [0.2, 0.25) is 0 Å². The number of methoxy groups -OCH3 is 1. The average Bonchev–Trinajstić information content (AvgIpc) is 2.80. The molecule has 0 fully saturated rings. The highest BCUT2D eigenvalue weighted by atomic mass is 79.9.